The molecule has 1 heterocycles. The highest BCUT2D eigenvalue weighted by atomic mass is 16.5. The van der Waals surface area contributed by atoms with Gasteiger partial charge in [-0.15, -0.1) is 0 Å². The maximum atomic E-state index is 12.5. The number of ether oxygens (including phenoxy) is 2. The number of hydrogen-bond donors (Lipinski definition) is 2. The number of anilines is 1. The standard InChI is InChI=1S/C20H25N3O4/c1-4-5-6-9-22-19(24)14-10-15(13-21-12-14)20(25)23-17-8-7-16(26-2)11-18(17)27-3/h7-8,10-13H,4-6,9H2,1-3H3,(H,22,24)(H,23,25). The molecule has 7 heteroatoms. The predicted molar refractivity (Wildman–Crippen MR) is 104 cm³/mol. The zero-order valence-corrected chi connectivity index (χ0v) is 15.9. The first-order chi connectivity index (χ1) is 13.1. The van der Waals surface area contributed by atoms with Crippen LogP contribution in [0, 0.1) is 0 Å². The first-order valence-electron chi connectivity index (χ1n) is 8.85. The van der Waals surface area contributed by atoms with Gasteiger partial charge in [0, 0.05) is 25.0 Å². The Bertz CT molecular complexity index is 793. The fourth-order valence-corrected chi connectivity index (χ4v) is 2.46. The van der Waals surface area contributed by atoms with Gasteiger partial charge in [-0.3, -0.25) is 14.6 Å². The number of nitrogens with one attached hydrogen (secondary N) is 2. The summed E-state index contributed by atoms with van der Waals surface area (Å²) in [6.45, 7) is 2.71. The number of benzene rings is 1. The molecule has 144 valence electrons. The Morgan fingerprint density at radius 1 is 1.00 bits per heavy atom. The van der Waals surface area contributed by atoms with E-state index >= 15 is 0 Å². The van der Waals surface area contributed by atoms with Crippen LogP contribution < -0.4 is 20.1 Å². The molecule has 0 bridgehead atoms. The first-order valence-corrected chi connectivity index (χ1v) is 8.85. The summed E-state index contributed by atoms with van der Waals surface area (Å²) in [4.78, 5) is 28.7. The lowest BCUT2D eigenvalue weighted by Gasteiger charge is -2.12. The Labute approximate surface area is 159 Å². The van der Waals surface area contributed by atoms with Crippen molar-refractivity contribution in [2.45, 2.75) is 26.2 Å². The van der Waals surface area contributed by atoms with Crippen LogP contribution in [0.2, 0.25) is 0 Å². The number of pyridine rings is 1. The second-order valence-corrected chi connectivity index (χ2v) is 5.95. The van der Waals surface area contributed by atoms with Gasteiger partial charge in [-0.2, -0.15) is 0 Å². The van der Waals surface area contributed by atoms with Crippen molar-refractivity contribution in [3.8, 4) is 11.5 Å². The summed E-state index contributed by atoms with van der Waals surface area (Å²) in [6, 6.07) is 6.60. The normalized spacial score (nSPS) is 10.2. The summed E-state index contributed by atoms with van der Waals surface area (Å²) in [5.74, 6) is 0.468. The number of aromatic nitrogens is 1. The van der Waals surface area contributed by atoms with E-state index < -0.39 is 0 Å². The van der Waals surface area contributed by atoms with Crippen molar-refractivity contribution in [3.05, 3.63) is 47.8 Å². The highest BCUT2D eigenvalue weighted by Crippen LogP contribution is 2.29. The van der Waals surface area contributed by atoms with Crippen LogP contribution in [0.3, 0.4) is 0 Å². The third-order valence-corrected chi connectivity index (χ3v) is 3.99. The molecule has 0 fully saturated rings. The number of unbranched alkanes of at least 4 members (excludes halogenated alkanes) is 2. The zero-order valence-electron chi connectivity index (χ0n) is 15.9. The fourth-order valence-electron chi connectivity index (χ4n) is 2.46. The first kappa shape index (κ1) is 20.2. The number of rotatable bonds is 9. The lowest BCUT2D eigenvalue weighted by atomic mass is 10.1. The van der Waals surface area contributed by atoms with E-state index in [9.17, 15) is 9.59 Å². The second kappa shape index (κ2) is 10.2. The Kier molecular flexibility index (Phi) is 7.61. The van der Waals surface area contributed by atoms with Gasteiger partial charge in [0.1, 0.15) is 11.5 Å². The van der Waals surface area contributed by atoms with E-state index in [1.54, 1.807) is 25.3 Å². The summed E-state index contributed by atoms with van der Waals surface area (Å²) < 4.78 is 10.4. The Balaban J connectivity index is 2.08. The molecule has 2 rings (SSSR count). The third-order valence-electron chi connectivity index (χ3n) is 3.99. The molecule has 0 spiro atoms. The average Bonchev–Trinajstić information content (AvgIpc) is 2.71. The highest BCUT2D eigenvalue weighted by Gasteiger charge is 2.14. The van der Waals surface area contributed by atoms with Crippen molar-refractivity contribution in [1.82, 2.24) is 10.3 Å². The van der Waals surface area contributed by atoms with Crippen molar-refractivity contribution in [2.24, 2.45) is 0 Å². The molecule has 7 nitrogen and oxygen atoms in total. The van der Waals surface area contributed by atoms with Gasteiger partial charge in [-0.05, 0) is 24.6 Å². The lowest BCUT2D eigenvalue weighted by Crippen LogP contribution is -2.25. The second-order valence-electron chi connectivity index (χ2n) is 5.95. The lowest BCUT2D eigenvalue weighted by molar-refractivity contribution is 0.0952. The van der Waals surface area contributed by atoms with Gasteiger partial charge in [-0.25, -0.2) is 0 Å². The summed E-state index contributed by atoms with van der Waals surface area (Å²) in [6.07, 6.45) is 5.93. The van der Waals surface area contributed by atoms with E-state index in [0.29, 0.717) is 29.3 Å². The molecule has 0 unspecified atom stereocenters. The van der Waals surface area contributed by atoms with Crippen LogP contribution in [-0.4, -0.2) is 37.6 Å². The number of carbonyl (C=O) groups is 2. The Hall–Kier alpha value is -3.09. The topological polar surface area (TPSA) is 89.6 Å². The molecule has 0 aliphatic heterocycles. The van der Waals surface area contributed by atoms with E-state index in [1.807, 2.05) is 0 Å². The summed E-state index contributed by atoms with van der Waals surface area (Å²) in [7, 11) is 3.06. The molecule has 27 heavy (non-hydrogen) atoms. The van der Waals surface area contributed by atoms with Gasteiger partial charge in [0.05, 0.1) is 31.0 Å². The van der Waals surface area contributed by atoms with E-state index in [0.717, 1.165) is 19.3 Å². The van der Waals surface area contributed by atoms with Crippen molar-refractivity contribution in [2.75, 3.05) is 26.1 Å². The van der Waals surface area contributed by atoms with Crippen molar-refractivity contribution >= 4 is 17.5 Å². The van der Waals surface area contributed by atoms with Crippen LogP contribution >= 0.6 is 0 Å². The molecule has 0 atom stereocenters. The van der Waals surface area contributed by atoms with Gasteiger partial charge in [-0.1, -0.05) is 19.8 Å². The molecule has 2 amide bonds. The quantitative estimate of drug-likeness (QED) is 0.660. The van der Waals surface area contributed by atoms with Crippen LogP contribution in [-0.2, 0) is 0 Å². The number of carbonyl (C=O) groups excluding carboxylic acids is 2. The molecule has 1 aromatic carbocycles. The Morgan fingerprint density at radius 2 is 1.74 bits per heavy atom. The van der Waals surface area contributed by atoms with Crippen LogP contribution in [0.25, 0.3) is 0 Å². The molecule has 0 saturated heterocycles. The number of nitrogens with zero attached hydrogens (tertiary/aromatic N) is 1. The molecular formula is C20H25N3O4. The number of amides is 2. The summed E-state index contributed by atoms with van der Waals surface area (Å²) in [5, 5.41) is 5.60. The van der Waals surface area contributed by atoms with Crippen LogP contribution in [0.4, 0.5) is 5.69 Å². The number of methoxy groups -OCH3 is 2. The fraction of sp³-hybridized carbons (Fsp3) is 0.350. The molecule has 0 saturated carbocycles. The maximum Gasteiger partial charge on any atom is 0.257 e. The van der Waals surface area contributed by atoms with Crippen LogP contribution in [0.15, 0.2) is 36.7 Å². The van der Waals surface area contributed by atoms with E-state index in [1.165, 1.54) is 25.6 Å². The van der Waals surface area contributed by atoms with Crippen LogP contribution in [0.5, 0.6) is 11.5 Å². The molecule has 0 aliphatic rings. The molecule has 0 aliphatic carbocycles. The maximum absolute atomic E-state index is 12.5. The minimum atomic E-state index is -0.383. The Morgan fingerprint density at radius 3 is 2.41 bits per heavy atom. The molecule has 1 aromatic heterocycles. The van der Waals surface area contributed by atoms with E-state index in [4.69, 9.17) is 9.47 Å². The minimum Gasteiger partial charge on any atom is -0.497 e. The van der Waals surface area contributed by atoms with E-state index in [-0.39, 0.29) is 17.4 Å². The monoisotopic (exact) mass is 371 g/mol. The van der Waals surface area contributed by atoms with Gasteiger partial charge < -0.3 is 20.1 Å². The highest BCUT2D eigenvalue weighted by molar-refractivity contribution is 6.06. The molecular weight excluding hydrogens is 346 g/mol. The molecule has 0 radical (unpaired) electrons. The van der Waals surface area contributed by atoms with Crippen molar-refractivity contribution < 1.29 is 19.1 Å². The molecule has 2 N–H and O–H groups in total. The predicted octanol–water partition coefficient (Wildman–Crippen LogP) is 3.27. The van der Waals surface area contributed by atoms with Gasteiger partial charge in [0.15, 0.2) is 0 Å². The average molecular weight is 371 g/mol. The third kappa shape index (κ3) is 5.70. The summed E-state index contributed by atoms with van der Waals surface area (Å²) >= 11 is 0. The smallest absolute Gasteiger partial charge is 0.257 e. The molecule has 2 aromatic rings. The largest absolute Gasteiger partial charge is 0.497 e. The SMILES string of the molecule is CCCCCNC(=O)c1cncc(C(=O)Nc2ccc(OC)cc2OC)c1. The minimum absolute atomic E-state index is 0.240. The van der Waals surface area contributed by atoms with E-state index in [2.05, 4.69) is 22.5 Å². The van der Waals surface area contributed by atoms with Gasteiger partial charge in [0.2, 0.25) is 0 Å². The van der Waals surface area contributed by atoms with Crippen molar-refractivity contribution in [3.63, 3.8) is 0 Å². The van der Waals surface area contributed by atoms with Crippen LogP contribution in [0.1, 0.15) is 46.9 Å². The van der Waals surface area contributed by atoms with Gasteiger partial charge >= 0.3 is 0 Å². The van der Waals surface area contributed by atoms with Crippen molar-refractivity contribution in [1.29, 1.82) is 0 Å². The van der Waals surface area contributed by atoms with Gasteiger partial charge in [0.25, 0.3) is 11.8 Å². The zero-order chi connectivity index (χ0) is 19.6. The number of hydrogen-bond acceptors (Lipinski definition) is 5. The summed E-state index contributed by atoms with van der Waals surface area (Å²) in [5.41, 5.74) is 1.13.